The molecular weight excluding hydrogens is 250 g/mol. The van der Waals surface area contributed by atoms with Crippen LogP contribution in [0, 0.1) is 16.7 Å². The van der Waals surface area contributed by atoms with Gasteiger partial charge in [-0.15, -0.1) is 0 Å². The second-order valence-corrected chi connectivity index (χ2v) is 6.04. The quantitative estimate of drug-likeness (QED) is 0.763. The van der Waals surface area contributed by atoms with E-state index in [1.165, 1.54) is 0 Å². The number of ether oxygens (including phenoxy) is 1. The lowest BCUT2D eigenvalue weighted by molar-refractivity contribution is 0.0972. The predicted molar refractivity (Wildman–Crippen MR) is 77.8 cm³/mol. The van der Waals surface area contributed by atoms with Gasteiger partial charge >= 0.3 is 0 Å². The predicted octanol–water partition coefficient (Wildman–Crippen LogP) is 3.91. The SMILES string of the molecule is CC(C)(C#N)CCCOc1ccc2c(c1)CCCC2=O. The Hall–Kier alpha value is -1.82. The molecule has 0 unspecified atom stereocenters. The Bertz CT molecular complexity index is 540. The molecule has 0 atom stereocenters. The smallest absolute Gasteiger partial charge is 0.163 e. The van der Waals surface area contributed by atoms with Gasteiger partial charge in [0, 0.05) is 12.0 Å². The average molecular weight is 271 g/mol. The number of carbonyl (C=O) groups excluding carboxylic acids is 1. The lowest BCUT2D eigenvalue weighted by Crippen LogP contribution is -2.12. The van der Waals surface area contributed by atoms with Gasteiger partial charge in [0.2, 0.25) is 0 Å². The minimum absolute atomic E-state index is 0.244. The van der Waals surface area contributed by atoms with Crippen LogP contribution in [-0.4, -0.2) is 12.4 Å². The molecule has 0 bridgehead atoms. The molecule has 1 aliphatic rings. The van der Waals surface area contributed by atoms with E-state index in [4.69, 9.17) is 10.00 Å². The summed E-state index contributed by atoms with van der Waals surface area (Å²) in [5, 5.41) is 8.94. The van der Waals surface area contributed by atoms with E-state index in [2.05, 4.69) is 6.07 Å². The number of rotatable bonds is 5. The summed E-state index contributed by atoms with van der Waals surface area (Å²) in [5.41, 5.74) is 1.68. The van der Waals surface area contributed by atoms with E-state index >= 15 is 0 Å². The number of carbonyl (C=O) groups is 1. The molecule has 0 spiro atoms. The topological polar surface area (TPSA) is 50.1 Å². The molecule has 0 saturated carbocycles. The fourth-order valence-electron chi connectivity index (χ4n) is 2.47. The Balaban J connectivity index is 1.89. The van der Waals surface area contributed by atoms with Gasteiger partial charge in [-0.2, -0.15) is 5.26 Å². The Labute approximate surface area is 120 Å². The van der Waals surface area contributed by atoms with Crippen LogP contribution in [-0.2, 0) is 6.42 Å². The van der Waals surface area contributed by atoms with Gasteiger partial charge in [-0.25, -0.2) is 0 Å². The van der Waals surface area contributed by atoms with Crippen LogP contribution in [0.15, 0.2) is 18.2 Å². The van der Waals surface area contributed by atoms with Gasteiger partial charge < -0.3 is 4.74 Å². The molecule has 0 fully saturated rings. The van der Waals surface area contributed by atoms with Crippen LogP contribution in [0.3, 0.4) is 0 Å². The molecule has 1 aromatic carbocycles. The molecule has 0 saturated heterocycles. The van der Waals surface area contributed by atoms with Crippen LogP contribution < -0.4 is 4.74 Å². The van der Waals surface area contributed by atoms with Crippen molar-refractivity contribution < 1.29 is 9.53 Å². The molecule has 2 rings (SSSR count). The highest BCUT2D eigenvalue weighted by molar-refractivity contribution is 5.98. The van der Waals surface area contributed by atoms with Crippen LogP contribution in [0.5, 0.6) is 5.75 Å². The van der Waals surface area contributed by atoms with Crippen molar-refractivity contribution in [1.29, 1.82) is 5.26 Å². The summed E-state index contributed by atoms with van der Waals surface area (Å²) in [4.78, 5) is 11.7. The third kappa shape index (κ3) is 3.60. The number of hydrogen-bond acceptors (Lipinski definition) is 3. The van der Waals surface area contributed by atoms with Crippen LogP contribution >= 0.6 is 0 Å². The van der Waals surface area contributed by atoms with Crippen LogP contribution in [0.4, 0.5) is 0 Å². The third-order valence-corrected chi connectivity index (χ3v) is 3.74. The zero-order valence-electron chi connectivity index (χ0n) is 12.2. The number of hydrogen-bond donors (Lipinski definition) is 0. The first-order valence-corrected chi connectivity index (χ1v) is 7.22. The lowest BCUT2D eigenvalue weighted by Gasteiger charge is -2.17. The molecule has 20 heavy (non-hydrogen) atoms. The highest BCUT2D eigenvalue weighted by Crippen LogP contribution is 2.26. The first-order chi connectivity index (χ1) is 9.52. The zero-order chi connectivity index (χ0) is 14.6. The molecule has 0 aliphatic heterocycles. The van der Waals surface area contributed by atoms with E-state index in [-0.39, 0.29) is 11.2 Å². The molecule has 0 aromatic heterocycles. The molecule has 0 heterocycles. The molecule has 0 N–H and O–H groups in total. The van der Waals surface area contributed by atoms with Gasteiger partial charge in [-0.3, -0.25) is 4.79 Å². The van der Waals surface area contributed by atoms with E-state index in [9.17, 15) is 4.79 Å². The maximum absolute atomic E-state index is 11.7. The van der Waals surface area contributed by atoms with E-state index in [0.717, 1.165) is 42.6 Å². The normalized spacial score (nSPS) is 14.6. The second-order valence-electron chi connectivity index (χ2n) is 6.04. The van der Waals surface area contributed by atoms with Gasteiger partial charge in [0.05, 0.1) is 18.1 Å². The molecule has 0 amide bonds. The van der Waals surface area contributed by atoms with Crippen molar-refractivity contribution >= 4 is 5.78 Å². The molecule has 106 valence electrons. The zero-order valence-corrected chi connectivity index (χ0v) is 12.2. The van der Waals surface area contributed by atoms with Crippen LogP contribution in [0.25, 0.3) is 0 Å². The van der Waals surface area contributed by atoms with Gasteiger partial charge in [-0.05, 0) is 63.3 Å². The van der Waals surface area contributed by atoms with Crippen molar-refractivity contribution in [1.82, 2.24) is 0 Å². The standard InChI is InChI=1S/C17H21NO2/c1-17(2,12-18)9-4-10-20-14-7-8-15-13(11-14)5-3-6-16(15)19/h7-8,11H,3-6,9-10H2,1-2H3. The van der Waals surface area contributed by atoms with Crippen molar-refractivity contribution in [2.24, 2.45) is 5.41 Å². The summed E-state index contributed by atoms with van der Waals surface area (Å²) >= 11 is 0. The minimum Gasteiger partial charge on any atom is -0.494 e. The molecule has 1 aromatic rings. The Morgan fingerprint density at radius 2 is 2.15 bits per heavy atom. The number of Topliss-reactive ketones (excluding diaryl/α,β-unsaturated/α-hetero) is 1. The van der Waals surface area contributed by atoms with Crippen molar-refractivity contribution in [3.05, 3.63) is 29.3 Å². The number of aryl methyl sites for hydroxylation is 1. The lowest BCUT2D eigenvalue weighted by atomic mass is 9.90. The average Bonchev–Trinajstić information content (AvgIpc) is 2.44. The van der Waals surface area contributed by atoms with E-state index in [0.29, 0.717) is 13.0 Å². The van der Waals surface area contributed by atoms with Crippen LogP contribution in [0.2, 0.25) is 0 Å². The van der Waals surface area contributed by atoms with Gasteiger partial charge in [0.1, 0.15) is 5.75 Å². The molecule has 3 heteroatoms. The highest BCUT2D eigenvalue weighted by Gasteiger charge is 2.18. The fourth-order valence-corrected chi connectivity index (χ4v) is 2.47. The number of nitrogens with zero attached hydrogens (tertiary/aromatic N) is 1. The second kappa shape index (κ2) is 6.09. The minimum atomic E-state index is -0.286. The van der Waals surface area contributed by atoms with Gasteiger partial charge in [0.15, 0.2) is 5.78 Å². The molecule has 1 aliphatic carbocycles. The van der Waals surface area contributed by atoms with E-state index in [1.807, 2.05) is 32.0 Å². The maximum atomic E-state index is 11.7. The Morgan fingerprint density at radius 1 is 1.35 bits per heavy atom. The highest BCUT2D eigenvalue weighted by atomic mass is 16.5. The summed E-state index contributed by atoms with van der Waals surface area (Å²) in [5.74, 6) is 1.07. The third-order valence-electron chi connectivity index (χ3n) is 3.74. The summed E-state index contributed by atoms with van der Waals surface area (Å²) in [6.07, 6.45) is 4.24. The number of benzene rings is 1. The van der Waals surface area contributed by atoms with E-state index < -0.39 is 0 Å². The largest absolute Gasteiger partial charge is 0.494 e. The van der Waals surface area contributed by atoms with E-state index in [1.54, 1.807) is 0 Å². The van der Waals surface area contributed by atoms with Gasteiger partial charge in [-0.1, -0.05) is 0 Å². The van der Waals surface area contributed by atoms with Gasteiger partial charge in [0.25, 0.3) is 0 Å². The van der Waals surface area contributed by atoms with Crippen molar-refractivity contribution in [3.8, 4) is 11.8 Å². The summed E-state index contributed by atoms with van der Waals surface area (Å²) < 4.78 is 5.73. The van der Waals surface area contributed by atoms with Crippen molar-refractivity contribution in [3.63, 3.8) is 0 Å². The van der Waals surface area contributed by atoms with Crippen LogP contribution in [0.1, 0.15) is 55.5 Å². The first kappa shape index (κ1) is 14.6. The number of nitriles is 1. The molecule has 0 radical (unpaired) electrons. The Morgan fingerprint density at radius 3 is 2.90 bits per heavy atom. The number of fused-ring (bicyclic) bond motifs is 1. The van der Waals surface area contributed by atoms with Crippen molar-refractivity contribution in [2.75, 3.05) is 6.61 Å². The molecular formula is C17H21NO2. The maximum Gasteiger partial charge on any atom is 0.163 e. The molecule has 3 nitrogen and oxygen atoms in total. The Kier molecular flexibility index (Phi) is 4.44. The summed E-state index contributed by atoms with van der Waals surface area (Å²) in [6.45, 7) is 4.49. The first-order valence-electron chi connectivity index (χ1n) is 7.22. The summed E-state index contributed by atoms with van der Waals surface area (Å²) in [6, 6.07) is 8.03. The monoisotopic (exact) mass is 271 g/mol. The number of ketones is 1. The van der Waals surface area contributed by atoms with Crippen molar-refractivity contribution in [2.45, 2.75) is 46.0 Å². The summed E-state index contributed by atoms with van der Waals surface area (Å²) in [7, 11) is 0. The fraction of sp³-hybridized carbons (Fsp3) is 0.529.